The van der Waals surface area contributed by atoms with Gasteiger partial charge in [-0.15, -0.1) is 0 Å². The van der Waals surface area contributed by atoms with Crippen LogP contribution in [0.15, 0.2) is 24.3 Å². The third-order valence-corrected chi connectivity index (χ3v) is 3.95. The molecule has 2 atom stereocenters. The maximum absolute atomic E-state index is 10.3. The Morgan fingerprint density at radius 2 is 2.05 bits per heavy atom. The van der Waals surface area contributed by atoms with E-state index in [1.165, 1.54) is 12.8 Å². The van der Waals surface area contributed by atoms with Gasteiger partial charge < -0.3 is 14.7 Å². The van der Waals surface area contributed by atoms with Crippen LogP contribution in [-0.4, -0.2) is 36.2 Å². The minimum Gasteiger partial charge on any atom is -0.494 e. The standard InChI is InChI=1S/C16H25NO2/c1-3-13-9-10-17(11-13)12-16(18)14-5-7-15(8-6-14)19-4-2/h5-8,13,16,18H,3-4,9-12H2,1-2H3. The second-order valence-corrected chi connectivity index (χ2v) is 5.34. The first-order chi connectivity index (χ1) is 9.22. The third kappa shape index (κ3) is 3.95. The van der Waals surface area contributed by atoms with Crippen LogP contribution in [0.1, 0.15) is 38.4 Å². The van der Waals surface area contributed by atoms with Gasteiger partial charge in [-0.05, 0) is 43.5 Å². The van der Waals surface area contributed by atoms with Crippen molar-refractivity contribution in [2.24, 2.45) is 5.92 Å². The number of hydrogen-bond donors (Lipinski definition) is 1. The molecule has 19 heavy (non-hydrogen) atoms. The van der Waals surface area contributed by atoms with E-state index < -0.39 is 6.10 Å². The normalized spacial score (nSPS) is 21.5. The summed E-state index contributed by atoms with van der Waals surface area (Å²) in [6, 6.07) is 7.79. The topological polar surface area (TPSA) is 32.7 Å². The number of nitrogens with zero attached hydrogens (tertiary/aromatic N) is 1. The number of likely N-dealkylation sites (tertiary alicyclic amines) is 1. The second-order valence-electron chi connectivity index (χ2n) is 5.34. The molecule has 1 aromatic rings. The Hall–Kier alpha value is -1.06. The van der Waals surface area contributed by atoms with Crippen LogP contribution in [0, 0.1) is 5.92 Å². The fourth-order valence-corrected chi connectivity index (χ4v) is 2.71. The highest BCUT2D eigenvalue weighted by atomic mass is 16.5. The zero-order valence-electron chi connectivity index (χ0n) is 12.0. The van der Waals surface area contributed by atoms with E-state index >= 15 is 0 Å². The van der Waals surface area contributed by atoms with Crippen molar-refractivity contribution in [1.82, 2.24) is 4.90 Å². The zero-order chi connectivity index (χ0) is 13.7. The smallest absolute Gasteiger partial charge is 0.119 e. The number of hydrogen-bond acceptors (Lipinski definition) is 3. The van der Waals surface area contributed by atoms with Gasteiger partial charge in [-0.2, -0.15) is 0 Å². The van der Waals surface area contributed by atoms with Crippen LogP contribution in [0.3, 0.4) is 0 Å². The molecule has 0 radical (unpaired) electrons. The molecular weight excluding hydrogens is 238 g/mol. The lowest BCUT2D eigenvalue weighted by Crippen LogP contribution is -2.26. The monoisotopic (exact) mass is 263 g/mol. The Morgan fingerprint density at radius 3 is 2.63 bits per heavy atom. The molecule has 1 aromatic carbocycles. The molecule has 0 amide bonds. The summed E-state index contributed by atoms with van der Waals surface area (Å²) in [5.74, 6) is 1.68. The molecule has 1 saturated heterocycles. The lowest BCUT2D eigenvalue weighted by molar-refractivity contribution is 0.124. The van der Waals surface area contributed by atoms with Crippen molar-refractivity contribution in [2.45, 2.75) is 32.8 Å². The Bertz CT molecular complexity index is 377. The molecule has 1 N–H and O–H groups in total. The largest absolute Gasteiger partial charge is 0.494 e. The summed E-state index contributed by atoms with van der Waals surface area (Å²) in [6.45, 7) is 7.88. The first kappa shape index (κ1) is 14.4. The number of ether oxygens (including phenoxy) is 1. The van der Waals surface area contributed by atoms with Crippen LogP contribution < -0.4 is 4.74 Å². The fraction of sp³-hybridized carbons (Fsp3) is 0.625. The van der Waals surface area contributed by atoms with Gasteiger partial charge in [0.1, 0.15) is 5.75 Å². The highest BCUT2D eigenvalue weighted by molar-refractivity contribution is 5.28. The van der Waals surface area contributed by atoms with Crippen LogP contribution in [0.2, 0.25) is 0 Å². The van der Waals surface area contributed by atoms with Gasteiger partial charge in [-0.25, -0.2) is 0 Å². The molecule has 106 valence electrons. The van der Waals surface area contributed by atoms with Crippen LogP contribution in [0.5, 0.6) is 5.75 Å². The van der Waals surface area contributed by atoms with E-state index in [4.69, 9.17) is 4.74 Å². The summed E-state index contributed by atoms with van der Waals surface area (Å²) in [4.78, 5) is 2.37. The van der Waals surface area contributed by atoms with Crippen LogP contribution >= 0.6 is 0 Å². The minimum absolute atomic E-state index is 0.397. The number of rotatable bonds is 6. The molecule has 1 fully saturated rings. The Balaban J connectivity index is 1.87. The van der Waals surface area contributed by atoms with Gasteiger partial charge in [0.25, 0.3) is 0 Å². The van der Waals surface area contributed by atoms with Crippen molar-refractivity contribution in [3.05, 3.63) is 29.8 Å². The van der Waals surface area contributed by atoms with E-state index in [1.54, 1.807) is 0 Å². The van der Waals surface area contributed by atoms with Crippen molar-refractivity contribution < 1.29 is 9.84 Å². The summed E-state index contributed by atoms with van der Waals surface area (Å²) in [7, 11) is 0. The lowest BCUT2D eigenvalue weighted by atomic mass is 10.1. The van der Waals surface area contributed by atoms with Gasteiger partial charge in [-0.3, -0.25) is 0 Å². The predicted molar refractivity (Wildman–Crippen MR) is 77.4 cm³/mol. The molecule has 3 heteroatoms. The molecule has 0 aliphatic carbocycles. The van der Waals surface area contributed by atoms with Crippen molar-refractivity contribution in [2.75, 3.05) is 26.2 Å². The van der Waals surface area contributed by atoms with E-state index in [0.29, 0.717) is 6.61 Å². The Morgan fingerprint density at radius 1 is 1.32 bits per heavy atom. The quantitative estimate of drug-likeness (QED) is 0.856. The van der Waals surface area contributed by atoms with Crippen LogP contribution in [-0.2, 0) is 0 Å². The third-order valence-electron chi connectivity index (χ3n) is 3.95. The first-order valence-electron chi connectivity index (χ1n) is 7.36. The summed E-state index contributed by atoms with van der Waals surface area (Å²) < 4.78 is 5.41. The van der Waals surface area contributed by atoms with Crippen LogP contribution in [0.25, 0.3) is 0 Å². The first-order valence-corrected chi connectivity index (χ1v) is 7.36. The molecule has 2 rings (SSSR count). The van der Waals surface area contributed by atoms with Gasteiger partial charge in [0.05, 0.1) is 12.7 Å². The van der Waals surface area contributed by atoms with E-state index in [-0.39, 0.29) is 0 Å². The zero-order valence-corrected chi connectivity index (χ0v) is 12.0. The molecule has 0 bridgehead atoms. The summed E-state index contributed by atoms with van der Waals surface area (Å²) in [5.41, 5.74) is 0.975. The highest BCUT2D eigenvalue weighted by Gasteiger charge is 2.23. The van der Waals surface area contributed by atoms with E-state index in [0.717, 1.165) is 36.9 Å². The average Bonchev–Trinajstić information content (AvgIpc) is 2.87. The number of aliphatic hydroxyl groups is 1. The Kier molecular flexibility index (Phi) is 5.23. The predicted octanol–water partition coefficient (Wildman–Crippen LogP) is 2.85. The van der Waals surface area contributed by atoms with E-state index in [1.807, 2.05) is 31.2 Å². The van der Waals surface area contributed by atoms with Gasteiger partial charge in [0, 0.05) is 13.1 Å². The second kappa shape index (κ2) is 6.92. The maximum atomic E-state index is 10.3. The van der Waals surface area contributed by atoms with Gasteiger partial charge in [0.15, 0.2) is 0 Å². The molecule has 0 spiro atoms. The van der Waals surface area contributed by atoms with Crippen molar-refractivity contribution in [1.29, 1.82) is 0 Å². The van der Waals surface area contributed by atoms with Gasteiger partial charge in [0.2, 0.25) is 0 Å². The summed E-state index contributed by atoms with van der Waals surface area (Å²) in [6.07, 6.45) is 2.12. The van der Waals surface area contributed by atoms with Crippen molar-refractivity contribution in [3.63, 3.8) is 0 Å². The van der Waals surface area contributed by atoms with E-state index in [9.17, 15) is 5.11 Å². The number of β-amino-alcohol motifs (C(OH)–C–C–N with tert-alkyl or cyclic N) is 1. The molecule has 1 heterocycles. The van der Waals surface area contributed by atoms with E-state index in [2.05, 4.69) is 11.8 Å². The van der Waals surface area contributed by atoms with Crippen LogP contribution in [0.4, 0.5) is 0 Å². The molecule has 0 saturated carbocycles. The average molecular weight is 263 g/mol. The molecular formula is C16H25NO2. The lowest BCUT2D eigenvalue weighted by Gasteiger charge is -2.20. The van der Waals surface area contributed by atoms with Crippen molar-refractivity contribution in [3.8, 4) is 5.75 Å². The SMILES string of the molecule is CCOc1ccc(C(O)CN2CCC(CC)C2)cc1. The van der Waals surface area contributed by atoms with Gasteiger partial charge >= 0.3 is 0 Å². The summed E-state index contributed by atoms with van der Waals surface area (Å²) >= 11 is 0. The van der Waals surface area contributed by atoms with Crippen molar-refractivity contribution >= 4 is 0 Å². The molecule has 1 aliphatic rings. The Labute approximate surface area is 116 Å². The molecule has 1 aliphatic heterocycles. The highest BCUT2D eigenvalue weighted by Crippen LogP contribution is 2.23. The molecule has 3 nitrogen and oxygen atoms in total. The number of aliphatic hydroxyl groups excluding tert-OH is 1. The maximum Gasteiger partial charge on any atom is 0.119 e. The molecule has 0 aromatic heterocycles. The van der Waals surface area contributed by atoms with Gasteiger partial charge in [-0.1, -0.05) is 25.5 Å². The minimum atomic E-state index is -0.397. The summed E-state index contributed by atoms with van der Waals surface area (Å²) in [5, 5.41) is 10.3. The number of benzene rings is 1. The fourth-order valence-electron chi connectivity index (χ4n) is 2.71. The molecule has 2 unspecified atom stereocenters.